The van der Waals surface area contributed by atoms with E-state index >= 15 is 0 Å². The summed E-state index contributed by atoms with van der Waals surface area (Å²) in [6.07, 6.45) is 0. The predicted octanol–water partition coefficient (Wildman–Crippen LogP) is 1.56. The zero-order valence-electron chi connectivity index (χ0n) is 9.96. The van der Waals surface area contributed by atoms with Crippen molar-refractivity contribution in [2.45, 2.75) is 13.8 Å². The van der Waals surface area contributed by atoms with Crippen molar-refractivity contribution in [2.75, 3.05) is 29.1 Å². The molecule has 0 heterocycles. The first-order valence-corrected chi connectivity index (χ1v) is 7.18. The molecule has 96 valence electrons. The molecule has 0 amide bonds. The molecule has 4 nitrogen and oxygen atoms in total. The van der Waals surface area contributed by atoms with E-state index in [1.165, 1.54) is 6.07 Å². The number of aryl methyl sites for hydroxylation is 1. The molecule has 0 radical (unpaired) electrons. The maximum absolute atomic E-state index is 13.1. The van der Waals surface area contributed by atoms with Gasteiger partial charge in [-0.2, -0.15) is 0 Å². The van der Waals surface area contributed by atoms with Crippen LogP contribution < -0.4 is 11.1 Å². The minimum Gasteiger partial charge on any atom is -0.397 e. The second-order valence-electron chi connectivity index (χ2n) is 3.85. The van der Waals surface area contributed by atoms with Crippen molar-refractivity contribution in [3.63, 3.8) is 0 Å². The number of nitrogens with two attached hydrogens (primary N) is 1. The van der Waals surface area contributed by atoms with Gasteiger partial charge in [0, 0.05) is 12.3 Å². The first kappa shape index (κ1) is 13.8. The van der Waals surface area contributed by atoms with Gasteiger partial charge in [0.25, 0.3) is 0 Å². The average molecular weight is 260 g/mol. The van der Waals surface area contributed by atoms with Gasteiger partial charge in [-0.05, 0) is 24.6 Å². The van der Waals surface area contributed by atoms with Crippen LogP contribution in [-0.2, 0) is 9.84 Å². The van der Waals surface area contributed by atoms with E-state index < -0.39 is 9.84 Å². The maximum atomic E-state index is 13.1. The Bertz CT molecular complexity index is 500. The van der Waals surface area contributed by atoms with E-state index in [0.29, 0.717) is 11.3 Å². The van der Waals surface area contributed by atoms with Gasteiger partial charge in [-0.25, -0.2) is 12.8 Å². The van der Waals surface area contributed by atoms with E-state index in [0.717, 1.165) is 0 Å². The Morgan fingerprint density at radius 2 is 2.06 bits per heavy atom. The highest BCUT2D eigenvalue weighted by atomic mass is 32.2. The van der Waals surface area contributed by atoms with Gasteiger partial charge in [0.05, 0.1) is 17.1 Å². The Balaban J connectivity index is 2.68. The van der Waals surface area contributed by atoms with E-state index in [4.69, 9.17) is 5.73 Å². The summed E-state index contributed by atoms with van der Waals surface area (Å²) in [5, 5.41) is 2.90. The molecule has 0 aliphatic heterocycles. The predicted molar refractivity (Wildman–Crippen MR) is 68.4 cm³/mol. The van der Waals surface area contributed by atoms with Crippen molar-refractivity contribution in [2.24, 2.45) is 0 Å². The third kappa shape index (κ3) is 3.89. The number of anilines is 2. The van der Waals surface area contributed by atoms with Crippen LogP contribution in [0.2, 0.25) is 0 Å². The van der Waals surface area contributed by atoms with E-state index in [2.05, 4.69) is 5.32 Å². The Hall–Kier alpha value is -1.30. The highest BCUT2D eigenvalue weighted by molar-refractivity contribution is 7.91. The lowest BCUT2D eigenvalue weighted by molar-refractivity contribution is 0.597. The smallest absolute Gasteiger partial charge is 0.151 e. The lowest BCUT2D eigenvalue weighted by Gasteiger charge is -2.10. The normalized spacial score (nSPS) is 11.5. The van der Waals surface area contributed by atoms with Crippen molar-refractivity contribution in [3.05, 3.63) is 23.5 Å². The fourth-order valence-electron chi connectivity index (χ4n) is 1.34. The fraction of sp³-hybridized carbons (Fsp3) is 0.455. The molecule has 1 aromatic carbocycles. The van der Waals surface area contributed by atoms with Gasteiger partial charge in [0.2, 0.25) is 0 Å². The molecule has 1 rings (SSSR count). The first-order chi connectivity index (χ1) is 7.85. The zero-order chi connectivity index (χ0) is 13.1. The van der Waals surface area contributed by atoms with E-state index in [9.17, 15) is 12.8 Å². The van der Waals surface area contributed by atoms with Crippen molar-refractivity contribution >= 4 is 21.2 Å². The molecule has 0 atom stereocenters. The lowest BCUT2D eigenvalue weighted by atomic mass is 10.2. The number of sulfone groups is 1. The van der Waals surface area contributed by atoms with E-state index in [1.807, 2.05) is 0 Å². The number of hydrogen-bond acceptors (Lipinski definition) is 4. The molecule has 0 spiro atoms. The minimum atomic E-state index is -3.00. The summed E-state index contributed by atoms with van der Waals surface area (Å²) in [5.41, 5.74) is 6.94. The second-order valence-corrected chi connectivity index (χ2v) is 6.32. The zero-order valence-corrected chi connectivity index (χ0v) is 10.8. The minimum absolute atomic E-state index is 0.0410. The maximum Gasteiger partial charge on any atom is 0.151 e. The highest BCUT2D eigenvalue weighted by Crippen LogP contribution is 2.22. The monoisotopic (exact) mass is 260 g/mol. The number of benzene rings is 1. The van der Waals surface area contributed by atoms with Crippen LogP contribution in [0.4, 0.5) is 15.8 Å². The highest BCUT2D eigenvalue weighted by Gasteiger charge is 2.08. The SMILES string of the molecule is CCS(=O)(=O)CCNc1cc(C)c(F)cc1N. The van der Waals surface area contributed by atoms with Gasteiger partial charge < -0.3 is 11.1 Å². The fourth-order valence-corrected chi connectivity index (χ4v) is 2.04. The van der Waals surface area contributed by atoms with Crippen molar-refractivity contribution in [3.8, 4) is 0 Å². The van der Waals surface area contributed by atoms with Crippen molar-refractivity contribution in [1.82, 2.24) is 0 Å². The average Bonchev–Trinajstić information content (AvgIpc) is 2.25. The molecule has 0 saturated carbocycles. The molecule has 0 fully saturated rings. The summed E-state index contributed by atoms with van der Waals surface area (Å²) >= 11 is 0. The van der Waals surface area contributed by atoms with E-state index in [-0.39, 0.29) is 29.6 Å². The van der Waals surface area contributed by atoms with Gasteiger partial charge in [-0.3, -0.25) is 0 Å². The molecular formula is C11H17FN2O2S. The summed E-state index contributed by atoms with van der Waals surface area (Å²) < 4.78 is 35.7. The Morgan fingerprint density at radius 3 is 2.65 bits per heavy atom. The van der Waals surface area contributed by atoms with E-state index in [1.54, 1.807) is 19.9 Å². The number of rotatable bonds is 5. The molecule has 0 aliphatic rings. The van der Waals surface area contributed by atoms with Crippen molar-refractivity contribution in [1.29, 1.82) is 0 Å². The Morgan fingerprint density at radius 1 is 1.41 bits per heavy atom. The summed E-state index contributed by atoms with van der Waals surface area (Å²) in [6.45, 7) is 3.50. The molecule has 17 heavy (non-hydrogen) atoms. The van der Waals surface area contributed by atoms with Crippen LogP contribution in [-0.4, -0.2) is 26.5 Å². The summed E-state index contributed by atoms with van der Waals surface area (Å²) in [6, 6.07) is 2.80. The third-order valence-corrected chi connectivity index (χ3v) is 4.20. The largest absolute Gasteiger partial charge is 0.397 e. The van der Waals surface area contributed by atoms with Gasteiger partial charge in [0.1, 0.15) is 5.82 Å². The quantitative estimate of drug-likeness (QED) is 0.788. The molecular weight excluding hydrogens is 243 g/mol. The van der Waals surface area contributed by atoms with Gasteiger partial charge in [-0.1, -0.05) is 6.92 Å². The summed E-state index contributed by atoms with van der Waals surface area (Å²) in [5.74, 6) is -0.208. The first-order valence-electron chi connectivity index (χ1n) is 5.35. The topological polar surface area (TPSA) is 72.2 Å². The molecule has 0 saturated heterocycles. The van der Waals surface area contributed by atoms with Crippen LogP contribution in [0.15, 0.2) is 12.1 Å². The van der Waals surface area contributed by atoms with Crippen LogP contribution in [0.25, 0.3) is 0 Å². The van der Waals surface area contributed by atoms with Gasteiger partial charge >= 0.3 is 0 Å². The molecule has 3 N–H and O–H groups in total. The molecule has 0 bridgehead atoms. The Labute approximate surface area is 101 Å². The van der Waals surface area contributed by atoms with Gasteiger partial charge in [-0.15, -0.1) is 0 Å². The number of nitrogens with one attached hydrogen (secondary N) is 1. The lowest BCUT2D eigenvalue weighted by Crippen LogP contribution is -2.17. The van der Waals surface area contributed by atoms with Crippen LogP contribution in [0.1, 0.15) is 12.5 Å². The summed E-state index contributed by atoms with van der Waals surface area (Å²) in [7, 11) is -3.00. The molecule has 1 aromatic rings. The summed E-state index contributed by atoms with van der Waals surface area (Å²) in [4.78, 5) is 0. The Kier molecular flexibility index (Phi) is 4.34. The molecule has 0 aliphatic carbocycles. The number of halogens is 1. The molecule has 0 unspecified atom stereocenters. The standard InChI is InChI=1S/C11H17FN2O2S/c1-3-17(15,16)5-4-14-11-6-8(2)9(12)7-10(11)13/h6-7,14H,3-5,13H2,1-2H3. The second kappa shape index (κ2) is 5.35. The van der Waals surface area contributed by atoms with Crippen LogP contribution in [0.5, 0.6) is 0 Å². The molecule has 0 aromatic heterocycles. The van der Waals surface area contributed by atoms with Crippen LogP contribution >= 0.6 is 0 Å². The van der Waals surface area contributed by atoms with Crippen LogP contribution in [0, 0.1) is 12.7 Å². The van der Waals surface area contributed by atoms with Gasteiger partial charge in [0.15, 0.2) is 9.84 Å². The number of hydrogen-bond donors (Lipinski definition) is 2. The number of nitrogen functional groups attached to an aromatic ring is 1. The van der Waals surface area contributed by atoms with Crippen molar-refractivity contribution < 1.29 is 12.8 Å². The van der Waals surface area contributed by atoms with Crippen LogP contribution in [0.3, 0.4) is 0 Å². The molecule has 6 heteroatoms. The third-order valence-electron chi connectivity index (χ3n) is 2.50.